The molecule has 0 aliphatic rings. The Morgan fingerprint density at radius 3 is 2.00 bits per heavy atom. The minimum atomic E-state index is -0.985. The molecule has 1 aromatic rings. The van der Waals surface area contributed by atoms with Crippen LogP contribution in [0.1, 0.15) is 30.6 Å². The van der Waals surface area contributed by atoms with E-state index in [1.54, 1.807) is 0 Å². The van der Waals surface area contributed by atoms with Gasteiger partial charge in [0.1, 0.15) is 0 Å². The van der Waals surface area contributed by atoms with Gasteiger partial charge < -0.3 is 5.73 Å². The molecule has 0 saturated carbocycles. The standard InChI is InChI=1S/C13H16N4O6/c1-7(2)3-11(14)13(19)15-12(18)8-4-9(16(20)21)6-10(5-8)17(22)23/h4-7,11H,3,14H2,1-2H3,(H,15,18,19)/t11-/m0/s1. The molecule has 0 aromatic heterocycles. The van der Waals surface area contributed by atoms with Crippen LogP contribution in [-0.2, 0) is 4.79 Å². The molecule has 0 aliphatic carbocycles. The monoisotopic (exact) mass is 324 g/mol. The zero-order valence-electron chi connectivity index (χ0n) is 12.5. The van der Waals surface area contributed by atoms with Gasteiger partial charge in [-0.3, -0.25) is 35.1 Å². The second-order valence-corrected chi connectivity index (χ2v) is 5.31. The highest BCUT2D eigenvalue weighted by molar-refractivity contribution is 6.06. The van der Waals surface area contributed by atoms with Gasteiger partial charge in [-0.05, 0) is 12.3 Å². The topological polar surface area (TPSA) is 158 Å². The first-order valence-corrected chi connectivity index (χ1v) is 6.66. The number of nitrogens with two attached hydrogens (primary N) is 1. The fourth-order valence-corrected chi connectivity index (χ4v) is 1.83. The lowest BCUT2D eigenvalue weighted by Gasteiger charge is -2.13. The Morgan fingerprint density at radius 1 is 1.13 bits per heavy atom. The van der Waals surface area contributed by atoms with E-state index in [9.17, 15) is 29.8 Å². The molecule has 0 aliphatic heterocycles. The molecule has 0 heterocycles. The highest BCUT2D eigenvalue weighted by Gasteiger charge is 2.23. The van der Waals surface area contributed by atoms with Gasteiger partial charge in [-0.2, -0.15) is 0 Å². The van der Waals surface area contributed by atoms with Crippen LogP contribution in [-0.4, -0.2) is 27.7 Å². The van der Waals surface area contributed by atoms with E-state index in [4.69, 9.17) is 5.73 Å². The van der Waals surface area contributed by atoms with Crippen molar-refractivity contribution in [1.82, 2.24) is 5.32 Å². The van der Waals surface area contributed by atoms with Crippen molar-refractivity contribution in [3.05, 3.63) is 44.0 Å². The number of carbonyl (C=O) groups is 2. The maximum absolute atomic E-state index is 12.0. The molecule has 0 bridgehead atoms. The summed E-state index contributed by atoms with van der Waals surface area (Å²) < 4.78 is 0. The first-order valence-electron chi connectivity index (χ1n) is 6.66. The van der Waals surface area contributed by atoms with E-state index in [1.807, 2.05) is 19.2 Å². The Balaban J connectivity index is 3.01. The Labute approximate surface area is 131 Å². The molecule has 23 heavy (non-hydrogen) atoms. The third-order valence-corrected chi connectivity index (χ3v) is 2.89. The molecule has 10 nitrogen and oxygen atoms in total. The lowest BCUT2D eigenvalue weighted by molar-refractivity contribution is -0.394. The van der Waals surface area contributed by atoms with Crippen LogP contribution in [0, 0.1) is 26.1 Å². The molecule has 0 saturated heterocycles. The maximum Gasteiger partial charge on any atom is 0.277 e. The Hall–Kier alpha value is -2.88. The summed E-state index contributed by atoms with van der Waals surface area (Å²) >= 11 is 0. The number of hydrogen-bond acceptors (Lipinski definition) is 7. The molecule has 0 fully saturated rings. The molecule has 1 atom stereocenters. The van der Waals surface area contributed by atoms with Crippen LogP contribution >= 0.6 is 0 Å². The number of amides is 2. The number of hydrogen-bond donors (Lipinski definition) is 2. The molecular weight excluding hydrogens is 308 g/mol. The van der Waals surface area contributed by atoms with Crippen LogP contribution in [0.5, 0.6) is 0 Å². The van der Waals surface area contributed by atoms with Crippen LogP contribution in [0.3, 0.4) is 0 Å². The number of nitrogens with one attached hydrogen (secondary N) is 1. The van der Waals surface area contributed by atoms with Crippen LogP contribution in [0.4, 0.5) is 11.4 Å². The molecule has 0 radical (unpaired) electrons. The van der Waals surface area contributed by atoms with Crippen molar-refractivity contribution in [3.63, 3.8) is 0 Å². The average molecular weight is 324 g/mol. The Kier molecular flexibility index (Phi) is 5.85. The summed E-state index contributed by atoms with van der Waals surface area (Å²) in [5.74, 6) is -1.61. The van der Waals surface area contributed by atoms with Crippen molar-refractivity contribution < 1.29 is 19.4 Å². The zero-order valence-corrected chi connectivity index (χ0v) is 12.5. The highest BCUT2D eigenvalue weighted by atomic mass is 16.6. The van der Waals surface area contributed by atoms with E-state index in [1.165, 1.54) is 0 Å². The van der Waals surface area contributed by atoms with Gasteiger partial charge in [-0.15, -0.1) is 0 Å². The zero-order chi connectivity index (χ0) is 17.7. The van der Waals surface area contributed by atoms with Gasteiger partial charge in [-0.1, -0.05) is 13.8 Å². The summed E-state index contributed by atoms with van der Waals surface area (Å²) in [5.41, 5.74) is 4.01. The normalized spacial score (nSPS) is 11.8. The maximum atomic E-state index is 12.0. The molecule has 0 unspecified atom stereocenters. The van der Waals surface area contributed by atoms with E-state index < -0.39 is 39.1 Å². The molecule has 1 rings (SSSR count). The Morgan fingerprint density at radius 2 is 1.61 bits per heavy atom. The van der Waals surface area contributed by atoms with Gasteiger partial charge in [0, 0.05) is 12.1 Å². The smallest absolute Gasteiger partial charge is 0.277 e. The number of nitro groups is 2. The van der Waals surface area contributed by atoms with Crippen molar-refractivity contribution >= 4 is 23.2 Å². The highest BCUT2D eigenvalue weighted by Crippen LogP contribution is 2.22. The van der Waals surface area contributed by atoms with Gasteiger partial charge in [0.05, 0.1) is 27.5 Å². The minimum Gasteiger partial charge on any atom is -0.320 e. The van der Waals surface area contributed by atoms with E-state index >= 15 is 0 Å². The number of imide groups is 1. The van der Waals surface area contributed by atoms with Crippen LogP contribution in [0.2, 0.25) is 0 Å². The number of nitro benzene ring substituents is 2. The third kappa shape index (κ3) is 5.11. The van der Waals surface area contributed by atoms with Crippen LogP contribution < -0.4 is 11.1 Å². The fraction of sp³-hybridized carbons (Fsp3) is 0.385. The van der Waals surface area contributed by atoms with Crippen molar-refractivity contribution in [2.75, 3.05) is 0 Å². The van der Waals surface area contributed by atoms with Crippen LogP contribution in [0.15, 0.2) is 18.2 Å². The number of benzene rings is 1. The second-order valence-electron chi connectivity index (χ2n) is 5.31. The molecule has 3 N–H and O–H groups in total. The molecule has 1 aromatic carbocycles. The number of nitrogens with zero attached hydrogens (tertiary/aromatic N) is 2. The van der Waals surface area contributed by atoms with E-state index in [0.29, 0.717) is 6.42 Å². The second kappa shape index (κ2) is 7.40. The quantitative estimate of drug-likeness (QED) is 0.586. The van der Waals surface area contributed by atoms with Gasteiger partial charge in [0.15, 0.2) is 0 Å². The summed E-state index contributed by atoms with van der Waals surface area (Å²) in [5, 5.41) is 23.5. The lowest BCUT2D eigenvalue weighted by atomic mass is 10.0. The Bertz CT molecular complexity index is 626. The summed E-state index contributed by atoms with van der Waals surface area (Å²) in [4.78, 5) is 43.5. The van der Waals surface area contributed by atoms with E-state index in [0.717, 1.165) is 18.2 Å². The van der Waals surface area contributed by atoms with Gasteiger partial charge in [0.25, 0.3) is 17.3 Å². The van der Waals surface area contributed by atoms with E-state index in [2.05, 4.69) is 0 Å². The van der Waals surface area contributed by atoms with Gasteiger partial charge in [-0.25, -0.2) is 0 Å². The first-order chi connectivity index (χ1) is 10.6. The summed E-state index contributed by atoms with van der Waals surface area (Å²) in [6.07, 6.45) is 0.341. The summed E-state index contributed by atoms with van der Waals surface area (Å²) in [7, 11) is 0. The summed E-state index contributed by atoms with van der Waals surface area (Å²) in [6.45, 7) is 3.69. The van der Waals surface area contributed by atoms with E-state index in [-0.39, 0.29) is 11.5 Å². The molecule has 124 valence electrons. The molecule has 0 spiro atoms. The predicted molar refractivity (Wildman–Crippen MR) is 79.7 cm³/mol. The summed E-state index contributed by atoms with van der Waals surface area (Å²) in [6, 6.07) is 1.50. The minimum absolute atomic E-state index is 0.129. The largest absolute Gasteiger partial charge is 0.320 e. The molecular formula is C13H16N4O6. The average Bonchev–Trinajstić information content (AvgIpc) is 2.45. The fourth-order valence-electron chi connectivity index (χ4n) is 1.83. The molecule has 10 heteroatoms. The van der Waals surface area contributed by atoms with Gasteiger partial charge >= 0.3 is 0 Å². The lowest BCUT2D eigenvalue weighted by Crippen LogP contribution is -2.44. The van der Waals surface area contributed by atoms with Crippen molar-refractivity contribution in [2.24, 2.45) is 11.7 Å². The predicted octanol–water partition coefficient (Wildman–Crippen LogP) is 1.13. The van der Waals surface area contributed by atoms with Crippen molar-refractivity contribution in [1.29, 1.82) is 0 Å². The number of non-ortho nitro benzene ring substituents is 2. The number of rotatable bonds is 6. The molecule has 2 amide bonds. The van der Waals surface area contributed by atoms with Crippen molar-refractivity contribution in [2.45, 2.75) is 26.3 Å². The first kappa shape index (κ1) is 18.2. The van der Waals surface area contributed by atoms with Crippen LogP contribution in [0.25, 0.3) is 0 Å². The van der Waals surface area contributed by atoms with Crippen molar-refractivity contribution in [3.8, 4) is 0 Å². The number of carbonyl (C=O) groups excluding carboxylic acids is 2. The SMILES string of the molecule is CC(C)C[C@H](N)C(=O)NC(=O)c1cc([N+](=O)[O-])cc([N+](=O)[O-])c1. The van der Waals surface area contributed by atoms with Gasteiger partial charge in [0.2, 0.25) is 5.91 Å². The third-order valence-electron chi connectivity index (χ3n) is 2.89.